The second kappa shape index (κ2) is 5.83. The molecule has 0 aromatic carbocycles. The van der Waals surface area contributed by atoms with Crippen LogP contribution in [-0.2, 0) is 6.54 Å². The SMILES string of the molecule is NCc1ncccc1N(CCO)CC(F)(F)F. The molecule has 7 heteroatoms. The van der Waals surface area contributed by atoms with E-state index in [0.29, 0.717) is 11.4 Å². The Balaban J connectivity index is 2.96. The van der Waals surface area contributed by atoms with E-state index in [9.17, 15) is 13.2 Å². The molecular formula is C10H14F3N3O. The molecule has 1 aromatic heterocycles. The van der Waals surface area contributed by atoms with Gasteiger partial charge in [0.15, 0.2) is 0 Å². The molecule has 0 aliphatic rings. The lowest BCUT2D eigenvalue weighted by molar-refractivity contribution is -0.119. The summed E-state index contributed by atoms with van der Waals surface area (Å²) in [6.07, 6.45) is -2.87. The van der Waals surface area contributed by atoms with Crippen LogP contribution in [0.1, 0.15) is 5.69 Å². The molecule has 0 saturated heterocycles. The van der Waals surface area contributed by atoms with Crippen LogP contribution in [0.25, 0.3) is 0 Å². The summed E-state index contributed by atoms with van der Waals surface area (Å²) >= 11 is 0. The number of nitrogens with zero attached hydrogens (tertiary/aromatic N) is 2. The minimum absolute atomic E-state index is 0.0515. The highest BCUT2D eigenvalue weighted by atomic mass is 19.4. The Labute approximate surface area is 96.9 Å². The minimum atomic E-state index is -4.34. The third-order valence-corrected chi connectivity index (χ3v) is 2.14. The maximum absolute atomic E-state index is 12.4. The lowest BCUT2D eigenvalue weighted by Gasteiger charge is -2.26. The van der Waals surface area contributed by atoms with Gasteiger partial charge in [-0.2, -0.15) is 13.2 Å². The zero-order valence-electron chi connectivity index (χ0n) is 9.11. The van der Waals surface area contributed by atoms with E-state index in [0.717, 1.165) is 4.90 Å². The quantitative estimate of drug-likeness (QED) is 0.814. The van der Waals surface area contributed by atoms with Gasteiger partial charge < -0.3 is 15.7 Å². The summed E-state index contributed by atoms with van der Waals surface area (Å²) in [6.45, 7) is -1.56. The first-order valence-electron chi connectivity index (χ1n) is 5.04. The molecule has 1 rings (SSSR count). The Bertz CT molecular complexity index is 357. The number of rotatable bonds is 5. The summed E-state index contributed by atoms with van der Waals surface area (Å²) in [4.78, 5) is 4.94. The van der Waals surface area contributed by atoms with Gasteiger partial charge in [0.25, 0.3) is 0 Å². The van der Waals surface area contributed by atoms with Gasteiger partial charge in [0, 0.05) is 19.3 Å². The smallest absolute Gasteiger partial charge is 0.395 e. The van der Waals surface area contributed by atoms with Gasteiger partial charge in [0.1, 0.15) is 6.54 Å². The first kappa shape index (κ1) is 13.7. The third-order valence-electron chi connectivity index (χ3n) is 2.14. The maximum Gasteiger partial charge on any atom is 0.405 e. The van der Waals surface area contributed by atoms with Crippen molar-refractivity contribution in [3.63, 3.8) is 0 Å². The lowest BCUT2D eigenvalue weighted by atomic mass is 10.2. The molecule has 4 nitrogen and oxygen atoms in total. The van der Waals surface area contributed by atoms with Gasteiger partial charge in [-0.1, -0.05) is 0 Å². The average molecular weight is 249 g/mol. The fourth-order valence-electron chi connectivity index (χ4n) is 1.50. The van der Waals surface area contributed by atoms with Crippen LogP contribution >= 0.6 is 0 Å². The summed E-state index contributed by atoms with van der Waals surface area (Å²) < 4.78 is 37.1. The van der Waals surface area contributed by atoms with Crippen molar-refractivity contribution in [2.75, 3.05) is 24.6 Å². The van der Waals surface area contributed by atoms with Gasteiger partial charge in [-0.15, -0.1) is 0 Å². The maximum atomic E-state index is 12.4. The van der Waals surface area contributed by atoms with E-state index in [-0.39, 0.29) is 19.7 Å². The fraction of sp³-hybridized carbons (Fsp3) is 0.500. The van der Waals surface area contributed by atoms with Gasteiger partial charge >= 0.3 is 6.18 Å². The normalized spacial score (nSPS) is 11.6. The predicted molar refractivity (Wildman–Crippen MR) is 57.5 cm³/mol. The Morgan fingerprint density at radius 3 is 2.65 bits per heavy atom. The van der Waals surface area contributed by atoms with Crippen LogP contribution < -0.4 is 10.6 Å². The fourth-order valence-corrected chi connectivity index (χ4v) is 1.50. The Morgan fingerprint density at radius 2 is 2.12 bits per heavy atom. The molecule has 0 aliphatic heterocycles. The van der Waals surface area contributed by atoms with Gasteiger partial charge in [0.2, 0.25) is 0 Å². The number of pyridine rings is 1. The van der Waals surface area contributed by atoms with Crippen molar-refractivity contribution in [1.29, 1.82) is 0 Å². The third kappa shape index (κ3) is 4.20. The highest BCUT2D eigenvalue weighted by molar-refractivity contribution is 5.50. The Kier molecular flexibility index (Phi) is 4.71. The number of hydrogen-bond donors (Lipinski definition) is 2. The summed E-state index contributed by atoms with van der Waals surface area (Å²) in [5.74, 6) is 0. The monoisotopic (exact) mass is 249 g/mol. The number of anilines is 1. The number of nitrogens with two attached hydrogens (primary N) is 1. The van der Waals surface area contributed by atoms with Crippen molar-refractivity contribution >= 4 is 5.69 Å². The van der Waals surface area contributed by atoms with Crippen LogP contribution in [0.15, 0.2) is 18.3 Å². The van der Waals surface area contributed by atoms with Crippen LogP contribution in [0.3, 0.4) is 0 Å². The van der Waals surface area contributed by atoms with Crippen molar-refractivity contribution < 1.29 is 18.3 Å². The first-order valence-corrected chi connectivity index (χ1v) is 5.04. The zero-order chi connectivity index (χ0) is 12.9. The van der Waals surface area contributed by atoms with Crippen molar-refractivity contribution in [2.45, 2.75) is 12.7 Å². The first-order chi connectivity index (χ1) is 7.98. The number of halogens is 3. The summed E-state index contributed by atoms with van der Waals surface area (Å²) in [6, 6.07) is 3.05. The lowest BCUT2D eigenvalue weighted by Crippen LogP contribution is -2.37. The number of aromatic nitrogens is 1. The molecule has 0 atom stereocenters. The van der Waals surface area contributed by atoms with Crippen molar-refractivity contribution in [2.24, 2.45) is 5.73 Å². The van der Waals surface area contributed by atoms with Gasteiger partial charge in [-0.3, -0.25) is 4.98 Å². The van der Waals surface area contributed by atoms with E-state index in [4.69, 9.17) is 10.8 Å². The number of alkyl halides is 3. The van der Waals surface area contributed by atoms with E-state index in [1.165, 1.54) is 18.3 Å². The summed E-state index contributed by atoms with van der Waals surface area (Å²) in [5, 5.41) is 8.80. The molecule has 0 fully saturated rings. The van der Waals surface area contributed by atoms with E-state index in [1.54, 1.807) is 0 Å². The van der Waals surface area contributed by atoms with Gasteiger partial charge in [-0.05, 0) is 12.1 Å². The molecule has 0 unspecified atom stereocenters. The highest BCUT2D eigenvalue weighted by Gasteiger charge is 2.31. The predicted octanol–water partition coefficient (Wildman–Crippen LogP) is 0.901. The van der Waals surface area contributed by atoms with E-state index < -0.39 is 12.7 Å². The zero-order valence-corrected chi connectivity index (χ0v) is 9.11. The summed E-state index contributed by atoms with van der Waals surface area (Å²) in [7, 11) is 0. The van der Waals surface area contributed by atoms with E-state index in [2.05, 4.69) is 4.98 Å². The van der Waals surface area contributed by atoms with Crippen LogP contribution in [0.4, 0.5) is 18.9 Å². The van der Waals surface area contributed by atoms with Crippen molar-refractivity contribution in [1.82, 2.24) is 4.98 Å². The van der Waals surface area contributed by atoms with Crippen molar-refractivity contribution in [3.8, 4) is 0 Å². The molecule has 1 aromatic rings. The molecule has 0 spiro atoms. The number of hydrogen-bond acceptors (Lipinski definition) is 4. The van der Waals surface area contributed by atoms with Crippen LogP contribution in [0.2, 0.25) is 0 Å². The molecular weight excluding hydrogens is 235 g/mol. The van der Waals surface area contributed by atoms with E-state index in [1.807, 2.05) is 0 Å². The number of aliphatic hydroxyl groups excluding tert-OH is 1. The van der Waals surface area contributed by atoms with Crippen molar-refractivity contribution in [3.05, 3.63) is 24.0 Å². The second-order valence-corrected chi connectivity index (χ2v) is 3.43. The second-order valence-electron chi connectivity index (χ2n) is 3.43. The van der Waals surface area contributed by atoms with E-state index >= 15 is 0 Å². The molecule has 0 radical (unpaired) electrons. The molecule has 1 heterocycles. The number of aliphatic hydroxyl groups is 1. The van der Waals surface area contributed by atoms with Crippen LogP contribution in [0.5, 0.6) is 0 Å². The molecule has 3 N–H and O–H groups in total. The topological polar surface area (TPSA) is 62.4 Å². The van der Waals surface area contributed by atoms with Crippen LogP contribution in [-0.4, -0.2) is 36.0 Å². The molecule has 0 saturated carbocycles. The average Bonchev–Trinajstić information content (AvgIpc) is 2.27. The van der Waals surface area contributed by atoms with Gasteiger partial charge in [-0.25, -0.2) is 0 Å². The summed E-state index contributed by atoms with van der Waals surface area (Å²) in [5.41, 5.74) is 6.10. The highest BCUT2D eigenvalue weighted by Crippen LogP contribution is 2.23. The molecule has 17 heavy (non-hydrogen) atoms. The molecule has 96 valence electrons. The van der Waals surface area contributed by atoms with Gasteiger partial charge in [0.05, 0.1) is 18.0 Å². The molecule has 0 aliphatic carbocycles. The molecule has 0 bridgehead atoms. The Hall–Kier alpha value is -1.34. The minimum Gasteiger partial charge on any atom is -0.395 e. The Morgan fingerprint density at radius 1 is 1.41 bits per heavy atom. The standard InChI is InChI=1S/C10H14F3N3O/c11-10(12,13)7-16(4-5-17)9-2-1-3-15-8(9)6-14/h1-3,17H,4-7,14H2. The largest absolute Gasteiger partial charge is 0.405 e. The molecule has 0 amide bonds. The van der Waals surface area contributed by atoms with Crippen LogP contribution in [0, 0.1) is 0 Å².